The molecule has 26 heavy (non-hydrogen) atoms. The Balaban J connectivity index is 1.85. The number of nitrogens with zero attached hydrogens (tertiary/aromatic N) is 1. The molecule has 2 aromatic carbocycles. The van der Waals surface area contributed by atoms with E-state index in [1.54, 1.807) is 35.2 Å². The molecule has 136 valence electrons. The fraction of sp³-hybridized carbons (Fsp3) is 0.222. The normalized spacial score (nSPS) is 14.5. The number of benzene rings is 2. The number of carbonyl (C=O) groups excluding carboxylic acids is 2. The van der Waals surface area contributed by atoms with Crippen molar-refractivity contribution in [3.63, 3.8) is 0 Å². The van der Waals surface area contributed by atoms with Crippen LogP contribution in [-0.4, -0.2) is 33.0 Å². The maximum Gasteiger partial charge on any atom is 0.256 e. The lowest BCUT2D eigenvalue weighted by molar-refractivity contribution is -0.117. The van der Waals surface area contributed by atoms with Gasteiger partial charge in [0.2, 0.25) is 5.91 Å². The molecule has 2 amide bonds. The highest BCUT2D eigenvalue weighted by atomic mass is 35.5. The SMILES string of the molecule is CS(=O)(=O)c1ccccc1C(=O)Nc1ccc(N2CCCC2=O)c(Cl)c1. The number of carbonyl (C=O) groups is 2. The largest absolute Gasteiger partial charge is 0.322 e. The van der Waals surface area contributed by atoms with E-state index in [0.717, 1.165) is 12.7 Å². The molecular weight excluding hydrogens is 376 g/mol. The minimum Gasteiger partial charge on any atom is -0.322 e. The van der Waals surface area contributed by atoms with Crippen molar-refractivity contribution in [3.8, 4) is 0 Å². The van der Waals surface area contributed by atoms with Crippen molar-refractivity contribution in [2.24, 2.45) is 0 Å². The van der Waals surface area contributed by atoms with E-state index in [1.165, 1.54) is 12.1 Å². The standard InChI is InChI=1S/C18H17ClN2O4S/c1-26(24,25)16-6-3-2-5-13(16)18(23)20-12-8-9-15(14(19)11-12)21-10-4-7-17(21)22/h2-3,5-6,8-9,11H,4,7,10H2,1H3,(H,20,23). The molecule has 0 atom stereocenters. The van der Waals surface area contributed by atoms with E-state index in [1.807, 2.05) is 0 Å². The van der Waals surface area contributed by atoms with Crippen LogP contribution < -0.4 is 10.2 Å². The summed E-state index contributed by atoms with van der Waals surface area (Å²) in [6.45, 7) is 0.617. The van der Waals surface area contributed by atoms with Gasteiger partial charge >= 0.3 is 0 Å². The molecule has 0 saturated carbocycles. The summed E-state index contributed by atoms with van der Waals surface area (Å²) in [6.07, 6.45) is 2.34. The molecule has 0 bridgehead atoms. The summed E-state index contributed by atoms with van der Waals surface area (Å²) in [7, 11) is -3.53. The lowest BCUT2D eigenvalue weighted by Crippen LogP contribution is -2.24. The van der Waals surface area contributed by atoms with Gasteiger partial charge in [0, 0.05) is 24.9 Å². The maximum absolute atomic E-state index is 12.5. The first kappa shape index (κ1) is 18.4. The summed E-state index contributed by atoms with van der Waals surface area (Å²) in [4.78, 5) is 25.9. The number of sulfone groups is 1. The molecule has 1 aliphatic heterocycles. The molecule has 0 radical (unpaired) electrons. The van der Waals surface area contributed by atoms with E-state index in [4.69, 9.17) is 11.6 Å². The zero-order chi connectivity index (χ0) is 18.9. The Bertz CT molecular complexity index is 988. The molecule has 0 unspecified atom stereocenters. The molecule has 3 rings (SSSR count). The molecule has 1 fully saturated rings. The van der Waals surface area contributed by atoms with Crippen molar-refractivity contribution < 1.29 is 18.0 Å². The second kappa shape index (κ2) is 7.09. The van der Waals surface area contributed by atoms with Gasteiger partial charge in [-0.25, -0.2) is 8.42 Å². The van der Waals surface area contributed by atoms with Gasteiger partial charge in [0.25, 0.3) is 5.91 Å². The molecule has 2 aromatic rings. The predicted molar refractivity (Wildman–Crippen MR) is 101 cm³/mol. The third-order valence-electron chi connectivity index (χ3n) is 4.10. The summed E-state index contributed by atoms with van der Waals surface area (Å²) in [6, 6.07) is 10.8. The van der Waals surface area contributed by atoms with E-state index < -0.39 is 15.7 Å². The molecule has 1 N–H and O–H groups in total. The predicted octanol–water partition coefficient (Wildman–Crippen LogP) is 3.12. The van der Waals surface area contributed by atoms with Gasteiger partial charge in [0.15, 0.2) is 9.84 Å². The van der Waals surface area contributed by atoms with Crippen LogP contribution in [0, 0.1) is 0 Å². The van der Waals surface area contributed by atoms with Gasteiger partial charge in [0.1, 0.15) is 0 Å². The Morgan fingerprint density at radius 1 is 1.19 bits per heavy atom. The summed E-state index contributed by atoms with van der Waals surface area (Å²) in [5.41, 5.74) is 1.08. The average molecular weight is 393 g/mol. The molecular formula is C18H17ClN2O4S. The van der Waals surface area contributed by atoms with Gasteiger partial charge in [-0.15, -0.1) is 0 Å². The highest BCUT2D eigenvalue weighted by molar-refractivity contribution is 7.90. The summed E-state index contributed by atoms with van der Waals surface area (Å²) >= 11 is 6.27. The topological polar surface area (TPSA) is 83.6 Å². The zero-order valence-corrected chi connectivity index (χ0v) is 15.6. The molecule has 0 aromatic heterocycles. The van der Waals surface area contributed by atoms with Crippen LogP contribution in [-0.2, 0) is 14.6 Å². The lowest BCUT2D eigenvalue weighted by Gasteiger charge is -2.18. The number of halogens is 1. The van der Waals surface area contributed by atoms with E-state index in [9.17, 15) is 18.0 Å². The van der Waals surface area contributed by atoms with Gasteiger partial charge in [0.05, 0.1) is 21.2 Å². The highest BCUT2D eigenvalue weighted by Gasteiger charge is 2.24. The van der Waals surface area contributed by atoms with Crippen molar-refractivity contribution >= 4 is 44.6 Å². The summed E-state index contributed by atoms with van der Waals surface area (Å²) in [5, 5.41) is 2.99. The Kier molecular flexibility index (Phi) is 5.02. The van der Waals surface area contributed by atoms with Crippen LogP contribution in [0.3, 0.4) is 0 Å². The monoisotopic (exact) mass is 392 g/mol. The van der Waals surface area contributed by atoms with Crippen LogP contribution in [0.2, 0.25) is 5.02 Å². The Labute approximate surface area is 156 Å². The van der Waals surface area contributed by atoms with Crippen LogP contribution in [0.5, 0.6) is 0 Å². The summed E-state index contributed by atoms with van der Waals surface area (Å²) < 4.78 is 23.7. The molecule has 6 nitrogen and oxygen atoms in total. The fourth-order valence-electron chi connectivity index (χ4n) is 2.88. The van der Waals surface area contributed by atoms with Crippen molar-refractivity contribution in [3.05, 3.63) is 53.1 Å². The first-order chi connectivity index (χ1) is 12.3. The smallest absolute Gasteiger partial charge is 0.256 e. The van der Waals surface area contributed by atoms with Gasteiger partial charge in [-0.3, -0.25) is 9.59 Å². The minimum absolute atomic E-state index is 0.0192. The van der Waals surface area contributed by atoms with Gasteiger partial charge in [-0.1, -0.05) is 23.7 Å². The molecule has 0 spiro atoms. The van der Waals surface area contributed by atoms with E-state index in [0.29, 0.717) is 29.4 Å². The zero-order valence-electron chi connectivity index (χ0n) is 14.0. The Morgan fingerprint density at radius 2 is 1.92 bits per heavy atom. The molecule has 1 heterocycles. The highest BCUT2D eigenvalue weighted by Crippen LogP contribution is 2.32. The van der Waals surface area contributed by atoms with E-state index in [-0.39, 0.29) is 16.4 Å². The van der Waals surface area contributed by atoms with E-state index >= 15 is 0 Å². The first-order valence-electron chi connectivity index (χ1n) is 7.98. The maximum atomic E-state index is 12.5. The van der Waals surface area contributed by atoms with Gasteiger partial charge in [-0.2, -0.15) is 0 Å². The van der Waals surface area contributed by atoms with Crippen LogP contribution in [0.1, 0.15) is 23.2 Å². The van der Waals surface area contributed by atoms with Crippen LogP contribution in [0.4, 0.5) is 11.4 Å². The number of anilines is 2. The fourth-order valence-corrected chi connectivity index (χ4v) is 4.05. The van der Waals surface area contributed by atoms with E-state index in [2.05, 4.69) is 5.32 Å². The van der Waals surface area contributed by atoms with Crippen molar-refractivity contribution in [2.45, 2.75) is 17.7 Å². The number of hydrogen-bond donors (Lipinski definition) is 1. The molecule has 8 heteroatoms. The van der Waals surface area contributed by atoms with Crippen molar-refractivity contribution in [2.75, 3.05) is 23.0 Å². The molecule has 1 saturated heterocycles. The number of nitrogens with one attached hydrogen (secondary N) is 1. The Morgan fingerprint density at radius 3 is 2.54 bits per heavy atom. The quantitative estimate of drug-likeness (QED) is 0.866. The van der Waals surface area contributed by atoms with Crippen molar-refractivity contribution in [1.29, 1.82) is 0 Å². The second-order valence-corrected chi connectivity index (χ2v) is 8.43. The number of hydrogen-bond acceptors (Lipinski definition) is 4. The van der Waals surface area contributed by atoms with Crippen molar-refractivity contribution in [1.82, 2.24) is 0 Å². The number of rotatable bonds is 4. The Hall–Kier alpha value is -2.38. The average Bonchev–Trinajstić information content (AvgIpc) is 3.00. The van der Waals surface area contributed by atoms with Crippen LogP contribution in [0.15, 0.2) is 47.4 Å². The second-order valence-electron chi connectivity index (χ2n) is 6.04. The van der Waals surface area contributed by atoms with Gasteiger partial charge < -0.3 is 10.2 Å². The third-order valence-corrected chi connectivity index (χ3v) is 5.56. The summed E-state index contributed by atoms with van der Waals surface area (Å²) in [5.74, 6) is -0.530. The van der Waals surface area contributed by atoms with Crippen LogP contribution >= 0.6 is 11.6 Å². The third kappa shape index (κ3) is 3.73. The lowest BCUT2D eigenvalue weighted by atomic mass is 10.2. The molecule has 1 aliphatic rings. The minimum atomic E-state index is -3.53. The van der Waals surface area contributed by atoms with Gasteiger partial charge in [-0.05, 0) is 36.8 Å². The number of amides is 2. The molecule has 0 aliphatic carbocycles. The first-order valence-corrected chi connectivity index (χ1v) is 10.2. The van der Waals surface area contributed by atoms with Crippen LogP contribution in [0.25, 0.3) is 0 Å².